The van der Waals surface area contributed by atoms with Crippen LogP contribution in [0.3, 0.4) is 0 Å². The van der Waals surface area contributed by atoms with Gasteiger partial charge in [-0.25, -0.2) is 4.98 Å². The second-order valence-electron chi connectivity index (χ2n) is 6.80. The van der Waals surface area contributed by atoms with Crippen LogP contribution in [0.2, 0.25) is 0 Å². The van der Waals surface area contributed by atoms with Crippen LogP contribution in [0.4, 0.5) is 17.6 Å². The van der Waals surface area contributed by atoms with Crippen LogP contribution in [-0.2, 0) is 0 Å². The Hall–Kier alpha value is -3.19. The Kier molecular flexibility index (Phi) is 3.86. The van der Waals surface area contributed by atoms with E-state index in [2.05, 4.69) is 25.4 Å². The zero-order valence-electron chi connectivity index (χ0n) is 14.8. The summed E-state index contributed by atoms with van der Waals surface area (Å²) in [7, 11) is 0. The van der Waals surface area contributed by atoms with E-state index in [1.54, 1.807) is 0 Å². The molecule has 1 fully saturated rings. The number of rotatable bonds is 4. The zero-order valence-corrected chi connectivity index (χ0v) is 14.8. The Morgan fingerprint density at radius 1 is 1.07 bits per heavy atom. The van der Waals surface area contributed by atoms with E-state index in [9.17, 15) is 5.11 Å². The SMILES string of the molecule is OCC1CCCN1c1nc(Nc2n[nH]c3ccccc23)nc2ccccc12. The molecule has 0 bridgehead atoms. The van der Waals surface area contributed by atoms with Crippen molar-refractivity contribution in [2.24, 2.45) is 0 Å². The minimum atomic E-state index is 0.0994. The highest BCUT2D eigenvalue weighted by Crippen LogP contribution is 2.32. The van der Waals surface area contributed by atoms with Crippen LogP contribution in [0.15, 0.2) is 48.5 Å². The van der Waals surface area contributed by atoms with E-state index in [0.29, 0.717) is 11.8 Å². The summed E-state index contributed by atoms with van der Waals surface area (Å²) in [4.78, 5) is 11.7. The largest absolute Gasteiger partial charge is 0.394 e. The van der Waals surface area contributed by atoms with E-state index in [0.717, 1.165) is 47.0 Å². The van der Waals surface area contributed by atoms with Crippen molar-refractivity contribution in [3.8, 4) is 0 Å². The maximum Gasteiger partial charge on any atom is 0.231 e. The van der Waals surface area contributed by atoms with Gasteiger partial charge < -0.3 is 15.3 Å². The number of fused-ring (bicyclic) bond motifs is 2. The first-order chi connectivity index (χ1) is 13.3. The number of nitrogens with zero attached hydrogens (tertiary/aromatic N) is 4. The number of H-pyrrole nitrogens is 1. The molecule has 5 rings (SSSR count). The third kappa shape index (κ3) is 2.76. The molecule has 2 aromatic carbocycles. The molecule has 3 N–H and O–H groups in total. The van der Waals surface area contributed by atoms with Crippen LogP contribution < -0.4 is 10.2 Å². The molecule has 0 spiro atoms. The molecule has 0 amide bonds. The summed E-state index contributed by atoms with van der Waals surface area (Å²) in [5.41, 5.74) is 1.83. The summed E-state index contributed by atoms with van der Waals surface area (Å²) in [6, 6.07) is 16.0. The van der Waals surface area contributed by atoms with Gasteiger partial charge in [-0.1, -0.05) is 24.3 Å². The van der Waals surface area contributed by atoms with Gasteiger partial charge in [0.1, 0.15) is 5.82 Å². The first-order valence-electron chi connectivity index (χ1n) is 9.18. The maximum absolute atomic E-state index is 9.75. The monoisotopic (exact) mass is 360 g/mol. The molecule has 2 aromatic heterocycles. The number of aromatic nitrogens is 4. The summed E-state index contributed by atoms with van der Waals surface area (Å²) < 4.78 is 0. The summed E-state index contributed by atoms with van der Waals surface area (Å²) in [5.74, 6) is 2.07. The predicted octanol–water partition coefficient (Wildman–Crippen LogP) is 3.21. The van der Waals surface area contributed by atoms with Crippen LogP contribution in [0.1, 0.15) is 12.8 Å². The molecular formula is C20H20N6O. The van der Waals surface area contributed by atoms with E-state index in [1.807, 2.05) is 48.5 Å². The van der Waals surface area contributed by atoms with E-state index in [4.69, 9.17) is 4.98 Å². The van der Waals surface area contributed by atoms with Gasteiger partial charge in [-0.15, -0.1) is 0 Å². The molecule has 1 aliphatic rings. The number of para-hydroxylation sites is 2. The number of aliphatic hydroxyl groups is 1. The minimum Gasteiger partial charge on any atom is -0.394 e. The average molecular weight is 360 g/mol. The zero-order chi connectivity index (χ0) is 18.2. The first kappa shape index (κ1) is 16.0. The molecule has 0 radical (unpaired) electrons. The van der Waals surface area contributed by atoms with Gasteiger partial charge in [0.25, 0.3) is 0 Å². The summed E-state index contributed by atoms with van der Waals surface area (Å²) in [6.07, 6.45) is 2.03. The summed E-state index contributed by atoms with van der Waals surface area (Å²) in [5, 5.41) is 22.4. The van der Waals surface area contributed by atoms with E-state index >= 15 is 0 Å². The Balaban J connectivity index is 1.61. The van der Waals surface area contributed by atoms with Gasteiger partial charge in [-0.05, 0) is 37.1 Å². The fourth-order valence-corrected chi connectivity index (χ4v) is 3.80. The van der Waals surface area contributed by atoms with Crippen LogP contribution in [0, 0.1) is 0 Å². The number of nitrogens with one attached hydrogen (secondary N) is 2. The topological polar surface area (TPSA) is 90.0 Å². The number of aromatic amines is 1. The number of anilines is 3. The lowest BCUT2D eigenvalue weighted by molar-refractivity contribution is 0.266. The number of hydrogen-bond acceptors (Lipinski definition) is 6. The van der Waals surface area contributed by atoms with Crippen LogP contribution in [0.5, 0.6) is 0 Å². The van der Waals surface area contributed by atoms with Crippen LogP contribution in [-0.4, -0.2) is 44.5 Å². The summed E-state index contributed by atoms with van der Waals surface area (Å²) in [6.45, 7) is 1.02. The highest BCUT2D eigenvalue weighted by molar-refractivity contribution is 5.93. The lowest BCUT2D eigenvalue weighted by Gasteiger charge is -2.25. The highest BCUT2D eigenvalue weighted by Gasteiger charge is 2.27. The second kappa shape index (κ2) is 6.51. The average Bonchev–Trinajstić information content (AvgIpc) is 3.34. The lowest BCUT2D eigenvalue weighted by atomic mass is 10.2. The molecule has 1 saturated heterocycles. The fraction of sp³-hybridized carbons (Fsp3) is 0.250. The molecule has 7 nitrogen and oxygen atoms in total. The van der Waals surface area contributed by atoms with Crippen LogP contribution >= 0.6 is 0 Å². The van der Waals surface area contributed by atoms with Gasteiger partial charge in [0, 0.05) is 17.3 Å². The molecule has 7 heteroatoms. The van der Waals surface area contributed by atoms with Crippen molar-refractivity contribution < 1.29 is 5.11 Å². The van der Waals surface area contributed by atoms with Gasteiger partial charge in [0.05, 0.1) is 23.7 Å². The Morgan fingerprint density at radius 2 is 1.89 bits per heavy atom. The molecule has 4 aromatic rings. The number of hydrogen-bond donors (Lipinski definition) is 3. The Morgan fingerprint density at radius 3 is 2.78 bits per heavy atom. The summed E-state index contributed by atoms with van der Waals surface area (Å²) >= 11 is 0. The van der Waals surface area contributed by atoms with Crippen molar-refractivity contribution >= 4 is 39.4 Å². The number of aliphatic hydroxyl groups excluding tert-OH is 1. The molecule has 1 unspecified atom stereocenters. The Bertz CT molecular complexity index is 1110. The minimum absolute atomic E-state index is 0.0994. The van der Waals surface area contributed by atoms with Gasteiger partial charge in [-0.3, -0.25) is 5.10 Å². The van der Waals surface area contributed by atoms with Gasteiger partial charge in [0.15, 0.2) is 5.82 Å². The molecule has 27 heavy (non-hydrogen) atoms. The predicted molar refractivity (Wildman–Crippen MR) is 106 cm³/mol. The lowest BCUT2D eigenvalue weighted by Crippen LogP contribution is -2.33. The van der Waals surface area contributed by atoms with E-state index < -0.39 is 0 Å². The van der Waals surface area contributed by atoms with Gasteiger partial charge in [0.2, 0.25) is 5.95 Å². The molecule has 1 aliphatic heterocycles. The van der Waals surface area contributed by atoms with Crippen LogP contribution in [0.25, 0.3) is 21.8 Å². The standard InChI is InChI=1S/C20H20N6O/c27-12-13-6-5-11-26(13)19-15-8-2-3-9-16(15)21-20(23-19)22-18-14-7-1-4-10-17(14)24-25-18/h1-4,7-10,13,27H,5-6,11-12H2,(H2,21,22,23,24,25). The molecule has 0 saturated carbocycles. The molecule has 0 aliphatic carbocycles. The smallest absolute Gasteiger partial charge is 0.231 e. The third-order valence-corrected chi connectivity index (χ3v) is 5.14. The van der Waals surface area contributed by atoms with Crippen molar-refractivity contribution in [1.82, 2.24) is 20.2 Å². The Labute approximate surface area is 156 Å². The van der Waals surface area contributed by atoms with Crippen molar-refractivity contribution in [2.75, 3.05) is 23.4 Å². The number of benzene rings is 2. The first-order valence-corrected chi connectivity index (χ1v) is 9.18. The second-order valence-corrected chi connectivity index (χ2v) is 6.80. The molecular weight excluding hydrogens is 340 g/mol. The van der Waals surface area contributed by atoms with E-state index in [1.165, 1.54) is 0 Å². The van der Waals surface area contributed by atoms with Gasteiger partial charge >= 0.3 is 0 Å². The van der Waals surface area contributed by atoms with Crippen molar-refractivity contribution in [3.05, 3.63) is 48.5 Å². The normalized spacial score (nSPS) is 17.1. The van der Waals surface area contributed by atoms with Crippen molar-refractivity contribution in [1.29, 1.82) is 0 Å². The third-order valence-electron chi connectivity index (χ3n) is 5.14. The maximum atomic E-state index is 9.75. The van der Waals surface area contributed by atoms with Gasteiger partial charge in [-0.2, -0.15) is 10.1 Å². The van der Waals surface area contributed by atoms with Crippen molar-refractivity contribution in [3.63, 3.8) is 0 Å². The van der Waals surface area contributed by atoms with E-state index in [-0.39, 0.29) is 12.6 Å². The highest BCUT2D eigenvalue weighted by atomic mass is 16.3. The fourth-order valence-electron chi connectivity index (χ4n) is 3.80. The molecule has 3 heterocycles. The van der Waals surface area contributed by atoms with Crippen molar-refractivity contribution in [2.45, 2.75) is 18.9 Å². The molecule has 136 valence electrons. The molecule has 1 atom stereocenters. The quantitative estimate of drug-likeness (QED) is 0.518.